The summed E-state index contributed by atoms with van der Waals surface area (Å²) in [5, 5.41) is 18.3. The fourth-order valence-electron chi connectivity index (χ4n) is 5.47. The van der Waals surface area contributed by atoms with E-state index in [1.165, 1.54) is 12.8 Å². The van der Waals surface area contributed by atoms with E-state index in [9.17, 15) is 4.79 Å². The normalized spacial score (nSPS) is 17.1. The predicted molar refractivity (Wildman–Crippen MR) is 144 cm³/mol. The van der Waals surface area contributed by atoms with Crippen LogP contribution in [-0.4, -0.2) is 55.2 Å². The monoisotopic (exact) mass is 538 g/mol. The van der Waals surface area contributed by atoms with Crippen LogP contribution in [0.15, 0.2) is 36.4 Å². The predicted octanol–water partition coefficient (Wildman–Crippen LogP) is 4.85. The minimum Gasteiger partial charge on any atom is -0.353 e. The molecule has 2 aromatic carbocycles. The molecule has 2 N–H and O–H groups in total. The number of benzene rings is 2. The number of hydrogen-bond acceptors (Lipinski definition) is 6. The third-order valence-corrected chi connectivity index (χ3v) is 8.26. The van der Waals surface area contributed by atoms with Crippen molar-refractivity contribution < 1.29 is 4.79 Å². The Labute approximate surface area is 224 Å². The maximum Gasteiger partial charge on any atom is 0.223 e. The summed E-state index contributed by atoms with van der Waals surface area (Å²) < 4.78 is 2.18. The van der Waals surface area contributed by atoms with Crippen LogP contribution in [0.3, 0.4) is 0 Å². The Bertz CT molecular complexity index is 1390. The number of aromatic amines is 1. The summed E-state index contributed by atoms with van der Waals surface area (Å²) in [4.78, 5) is 20.1. The van der Waals surface area contributed by atoms with E-state index < -0.39 is 0 Å². The molecule has 1 amide bonds. The molecule has 0 radical (unpaired) electrons. The quantitative estimate of drug-likeness (QED) is 0.363. The molecule has 2 fully saturated rings. The van der Waals surface area contributed by atoms with Gasteiger partial charge in [-0.05, 0) is 53.8 Å². The maximum absolute atomic E-state index is 12.8. The van der Waals surface area contributed by atoms with Crippen molar-refractivity contribution in [1.29, 1.82) is 0 Å². The highest BCUT2D eigenvalue weighted by Gasteiger charge is 2.29. The van der Waals surface area contributed by atoms with Crippen LogP contribution in [0, 0.1) is 5.92 Å². The van der Waals surface area contributed by atoms with Gasteiger partial charge in [0.1, 0.15) is 0 Å². The van der Waals surface area contributed by atoms with Gasteiger partial charge in [0.05, 0.1) is 27.6 Å². The Morgan fingerprint density at radius 3 is 2.46 bits per heavy atom. The summed E-state index contributed by atoms with van der Waals surface area (Å²) in [5.74, 6) is 1.76. The molecule has 0 unspecified atom stereocenters. The standard InChI is InChI=1S/C26H28Cl2N8O/c27-20-13-22-23(14-21(20)28)36(15-16-5-7-17(8-6-16)24-31-33-34-32-24)26(30-22)35-11-9-18(10-12-35)25(37)29-19-3-1-2-4-19/h5-8,13-14,18-19H,1-4,9-12,15H2,(H,29,37)(H,31,32,33,34). The SMILES string of the molecule is O=C(NC1CCCC1)C1CCN(c2nc3cc(Cl)c(Cl)cc3n2Cc2ccc(-c3nnn[nH]3)cc2)CC1. The van der Waals surface area contributed by atoms with Crippen LogP contribution in [0.2, 0.25) is 10.0 Å². The van der Waals surface area contributed by atoms with Crippen LogP contribution in [0.5, 0.6) is 0 Å². The molecule has 9 nitrogen and oxygen atoms in total. The summed E-state index contributed by atoms with van der Waals surface area (Å²) >= 11 is 12.7. The fraction of sp³-hybridized carbons (Fsp3) is 0.423. The van der Waals surface area contributed by atoms with Crippen molar-refractivity contribution in [2.24, 2.45) is 5.92 Å². The molecule has 2 aliphatic rings. The number of rotatable bonds is 6. The first-order valence-corrected chi connectivity index (χ1v) is 13.5. The van der Waals surface area contributed by atoms with Crippen molar-refractivity contribution in [3.63, 3.8) is 0 Å². The summed E-state index contributed by atoms with van der Waals surface area (Å²) in [6.45, 7) is 2.15. The van der Waals surface area contributed by atoms with Gasteiger partial charge in [0.2, 0.25) is 11.9 Å². The zero-order chi connectivity index (χ0) is 25.4. The molecule has 0 spiro atoms. The van der Waals surface area contributed by atoms with E-state index in [1.54, 1.807) is 0 Å². The van der Waals surface area contributed by atoms with E-state index in [2.05, 4.69) is 47.5 Å². The van der Waals surface area contributed by atoms with Gasteiger partial charge in [-0.2, -0.15) is 0 Å². The molecule has 11 heteroatoms. The zero-order valence-electron chi connectivity index (χ0n) is 20.3. The smallest absolute Gasteiger partial charge is 0.223 e. The first-order valence-electron chi connectivity index (χ1n) is 12.8. The summed E-state index contributed by atoms with van der Waals surface area (Å²) in [6.07, 6.45) is 6.26. The largest absolute Gasteiger partial charge is 0.353 e. The number of amides is 1. The molecule has 4 aromatic rings. The van der Waals surface area contributed by atoms with Crippen LogP contribution in [-0.2, 0) is 11.3 Å². The van der Waals surface area contributed by atoms with Crippen LogP contribution in [0.25, 0.3) is 22.4 Å². The van der Waals surface area contributed by atoms with E-state index in [0.717, 1.165) is 66.9 Å². The maximum atomic E-state index is 12.8. The average Bonchev–Trinajstić information content (AvgIpc) is 3.68. The van der Waals surface area contributed by atoms with E-state index >= 15 is 0 Å². The Morgan fingerprint density at radius 1 is 1.03 bits per heavy atom. The molecule has 37 heavy (non-hydrogen) atoms. The number of piperidine rings is 1. The summed E-state index contributed by atoms with van der Waals surface area (Å²) in [6, 6.07) is 12.2. The third kappa shape index (κ3) is 5.02. The van der Waals surface area contributed by atoms with Gasteiger partial charge in [0.25, 0.3) is 0 Å². The number of fused-ring (bicyclic) bond motifs is 1. The van der Waals surface area contributed by atoms with Gasteiger partial charge in [-0.3, -0.25) is 4.79 Å². The van der Waals surface area contributed by atoms with E-state index in [-0.39, 0.29) is 11.8 Å². The molecule has 1 aliphatic heterocycles. The number of hydrogen-bond donors (Lipinski definition) is 2. The number of halogens is 2. The Morgan fingerprint density at radius 2 is 1.76 bits per heavy atom. The molecule has 192 valence electrons. The lowest BCUT2D eigenvalue weighted by Gasteiger charge is -2.33. The lowest BCUT2D eigenvalue weighted by atomic mass is 9.95. The number of tetrazole rings is 1. The van der Waals surface area contributed by atoms with E-state index in [0.29, 0.717) is 28.5 Å². The number of aromatic nitrogens is 6. The van der Waals surface area contributed by atoms with E-state index in [1.807, 2.05) is 24.3 Å². The van der Waals surface area contributed by atoms with Crippen molar-refractivity contribution in [3.05, 3.63) is 52.0 Å². The minimum atomic E-state index is 0.0525. The van der Waals surface area contributed by atoms with Gasteiger partial charge in [-0.15, -0.1) is 5.10 Å². The van der Waals surface area contributed by atoms with Crippen molar-refractivity contribution in [2.45, 2.75) is 51.1 Å². The van der Waals surface area contributed by atoms with Crippen LogP contribution < -0.4 is 10.2 Å². The van der Waals surface area contributed by atoms with Gasteiger partial charge in [-0.1, -0.05) is 60.3 Å². The number of nitrogens with one attached hydrogen (secondary N) is 2. The minimum absolute atomic E-state index is 0.0525. The summed E-state index contributed by atoms with van der Waals surface area (Å²) in [7, 11) is 0. The molecule has 1 saturated carbocycles. The fourth-order valence-corrected chi connectivity index (χ4v) is 5.78. The Balaban J connectivity index is 1.24. The van der Waals surface area contributed by atoms with Gasteiger partial charge >= 0.3 is 0 Å². The first kappa shape index (κ1) is 24.2. The number of nitrogens with zero attached hydrogens (tertiary/aromatic N) is 6. The molecule has 6 rings (SSSR count). The highest BCUT2D eigenvalue weighted by molar-refractivity contribution is 6.42. The number of carbonyl (C=O) groups excluding carboxylic acids is 1. The van der Waals surface area contributed by atoms with Gasteiger partial charge < -0.3 is 14.8 Å². The highest BCUT2D eigenvalue weighted by Crippen LogP contribution is 2.33. The second-order valence-corrected chi connectivity index (χ2v) is 10.8. The first-order chi connectivity index (χ1) is 18.0. The number of anilines is 1. The van der Waals surface area contributed by atoms with Crippen molar-refractivity contribution in [3.8, 4) is 11.4 Å². The average molecular weight is 539 g/mol. The molecule has 3 heterocycles. The lowest BCUT2D eigenvalue weighted by molar-refractivity contribution is -0.126. The van der Waals surface area contributed by atoms with Gasteiger partial charge in [-0.25, -0.2) is 10.1 Å². The van der Waals surface area contributed by atoms with Gasteiger partial charge in [0, 0.05) is 30.6 Å². The molecule has 0 bridgehead atoms. The number of carbonyl (C=O) groups is 1. The number of H-pyrrole nitrogens is 1. The highest BCUT2D eigenvalue weighted by atomic mass is 35.5. The van der Waals surface area contributed by atoms with Gasteiger partial charge in [0.15, 0.2) is 5.82 Å². The molecule has 1 aliphatic carbocycles. The second kappa shape index (κ2) is 10.3. The second-order valence-electron chi connectivity index (χ2n) is 9.95. The van der Waals surface area contributed by atoms with Crippen LogP contribution in [0.1, 0.15) is 44.1 Å². The summed E-state index contributed by atoms with van der Waals surface area (Å²) in [5.41, 5.74) is 3.75. The van der Waals surface area contributed by atoms with Crippen molar-refractivity contribution in [2.75, 3.05) is 18.0 Å². The Kier molecular flexibility index (Phi) is 6.73. The van der Waals surface area contributed by atoms with Crippen LogP contribution in [0.4, 0.5) is 5.95 Å². The number of imidazole rings is 1. The third-order valence-electron chi connectivity index (χ3n) is 7.53. The van der Waals surface area contributed by atoms with Crippen molar-refractivity contribution >= 4 is 46.1 Å². The van der Waals surface area contributed by atoms with E-state index in [4.69, 9.17) is 28.2 Å². The lowest BCUT2D eigenvalue weighted by Crippen LogP contribution is -2.43. The molecule has 1 saturated heterocycles. The zero-order valence-corrected chi connectivity index (χ0v) is 21.8. The molecular weight excluding hydrogens is 511 g/mol. The molecule has 0 atom stereocenters. The van der Waals surface area contributed by atoms with Crippen LogP contribution >= 0.6 is 23.2 Å². The molecular formula is C26H28Cl2N8O. The topological polar surface area (TPSA) is 105 Å². The Hall–Kier alpha value is -3.17. The van der Waals surface area contributed by atoms with Crippen molar-refractivity contribution in [1.82, 2.24) is 35.5 Å². The molecule has 2 aromatic heterocycles.